The van der Waals surface area contributed by atoms with Crippen LogP contribution in [0, 0.1) is 17.8 Å². The summed E-state index contributed by atoms with van der Waals surface area (Å²) in [5.41, 5.74) is -0.742. The molecule has 1 saturated carbocycles. The first-order valence-corrected chi connectivity index (χ1v) is 20.5. The molecular formula is C45H64N4O8. The lowest BCUT2D eigenvalue weighted by molar-refractivity contribution is -0.155. The normalized spacial score (nSPS) is 19.8. The van der Waals surface area contributed by atoms with Crippen LogP contribution in [-0.4, -0.2) is 102 Å². The molecule has 12 nitrogen and oxygen atoms in total. The molecule has 1 saturated heterocycles. The number of nitrogens with one attached hydrogen (secondary N) is 2. The fraction of sp³-hybridized carbons (Fsp3) is 0.622. The summed E-state index contributed by atoms with van der Waals surface area (Å²) < 4.78 is 17.6. The lowest BCUT2D eigenvalue weighted by Gasteiger charge is -2.37. The summed E-state index contributed by atoms with van der Waals surface area (Å²) in [5.74, 6) is 0.264. The van der Waals surface area contributed by atoms with E-state index in [0.717, 1.165) is 54.9 Å². The van der Waals surface area contributed by atoms with Gasteiger partial charge in [-0.15, -0.1) is 6.42 Å². The van der Waals surface area contributed by atoms with Crippen molar-refractivity contribution in [1.29, 1.82) is 0 Å². The summed E-state index contributed by atoms with van der Waals surface area (Å²) in [6.45, 7) is 12.2. The van der Waals surface area contributed by atoms with Crippen LogP contribution in [0.3, 0.4) is 0 Å². The average molecular weight is 789 g/mol. The largest absolute Gasteiger partial charge is 0.461 e. The Morgan fingerprint density at radius 2 is 1.53 bits per heavy atom. The van der Waals surface area contributed by atoms with E-state index in [1.54, 1.807) is 27.7 Å². The van der Waals surface area contributed by atoms with Crippen LogP contribution in [0.15, 0.2) is 42.5 Å². The minimum Gasteiger partial charge on any atom is -0.461 e. The lowest BCUT2D eigenvalue weighted by atomic mass is 9.85. The number of benzene rings is 2. The molecule has 4 amide bonds. The van der Waals surface area contributed by atoms with Gasteiger partial charge in [-0.05, 0) is 81.5 Å². The first-order valence-electron chi connectivity index (χ1n) is 20.5. The van der Waals surface area contributed by atoms with Gasteiger partial charge in [0.1, 0.15) is 42.5 Å². The Kier molecular flexibility index (Phi) is 16.0. The molecule has 4 rings (SSSR count). The number of terminal acetylenes is 1. The fourth-order valence-electron chi connectivity index (χ4n) is 7.41. The summed E-state index contributed by atoms with van der Waals surface area (Å²) in [6.07, 6.45) is 12.3. The summed E-state index contributed by atoms with van der Waals surface area (Å²) in [7, 11) is 1.46. The van der Waals surface area contributed by atoms with Gasteiger partial charge in [0.2, 0.25) is 17.7 Å². The Hall–Kier alpha value is -4.63. The van der Waals surface area contributed by atoms with Gasteiger partial charge in [0, 0.05) is 20.0 Å². The number of likely N-dealkylation sites (N-methyl/N-ethyl adjacent to an activating group) is 1. The summed E-state index contributed by atoms with van der Waals surface area (Å²) in [4.78, 5) is 72.3. The molecule has 12 heteroatoms. The summed E-state index contributed by atoms with van der Waals surface area (Å²) in [5, 5.41) is 7.88. The number of likely N-dealkylation sites (tertiary alicyclic amines) is 1. The van der Waals surface area contributed by atoms with E-state index in [0.29, 0.717) is 6.42 Å². The number of fused-ring (bicyclic) bond motifs is 1. The maximum atomic E-state index is 14.6. The highest BCUT2D eigenvalue weighted by molar-refractivity contribution is 5.96. The van der Waals surface area contributed by atoms with E-state index >= 15 is 0 Å². The monoisotopic (exact) mass is 788 g/mol. The van der Waals surface area contributed by atoms with E-state index in [1.807, 2.05) is 63.2 Å². The van der Waals surface area contributed by atoms with E-state index in [-0.39, 0.29) is 25.7 Å². The zero-order valence-electron chi connectivity index (χ0n) is 35.2. The van der Waals surface area contributed by atoms with Crippen LogP contribution in [0.5, 0.6) is 0 Å². The highest BCUT2D eigenvalue weighted by Crippen LogP contribution is 2.29. The molecule has 0 unspecified atom stereocenters. The fourth-order valence-corrected chi connectivity index (χ4v) is 7.41. The molecule has 0 bridgehead atoms. The predicted molar refractivity (Wildman–Crippen MR) is 220 cm³/mol. The number of esters is 1. The molecule has 2 aliphatic rings. The second-order valence-corrected chi connectivity index (χ2v) is 17.6. The average Bonchev–Trinajstić information content (AvgIpc) is 3.63. The van der Waals surface area contributed by atoms with Crippen molar-refractivity contribution in [2.45, 2.75) is 155 Å². The lowest BCUT2D eigenvalue weighted by Crippen LogP contribution is -2.62. The first kappa shape index (κ1) is 45.1. The molecule has 2 fully saturated rings. The van der Waals surface area contributed by atoms with Gasteiger partial charge in [0.05, 0.1) is 6.10 Å². The van der Waals surface area contributed by atoms with Gasteiger partial charge in [0.15, 0.2) is 0 Å². The van der Waals surface area contributed by atoms with Gasteiger partial charge in [0.25, 0.3) is 0 Å². The number of carbonyl (C=O) groups is 5. The first-order chi connectivity index (χ1) is 26.9. The van der Waals surface area contributed by atoms with Crippen molar-refractivity contribution in [3.63, 3.8) is 0 Å². The minimum absolute atomic E-state index is 0.0886. The third kappa shape index (κ3) is 12.9. The quantitative estimate of drug-likeness (QED) is 0.188. The second-order valence-electron chi connectivity index (χ2n) is 17.6. The molecule has 0 aromatic heterocycles. The van der Waals surface area contributed by atoms with Crippen molar-refractivity contribution < 1.29 is 38.2 Å². The predicted octanol–water partition coefficient (Wildman–Crippen LogP) is 6.32. The SMILES string of the molecule is C#CCO[C@H]1CCN(C(=O)[C@@H](NC(=O)[C@H](C)N(C)C(=O)OC(C)(C)C)C(C)(C)C)[C@@H]1C(=O)N[C@@H](Cc1ccc2ccccc2c1)C(=O)OC1CCCCCCCC1. The molecule has 312 valence electrons. The molecule has 1 heterocycles. The van der Waals surface area contributed by atoms with Gasteiger partial charge >= 0.3 is 12.1 Å². The van der Waals surface area contributed by atoms with Crippen molar-refractivity contribution in [2.75, 3.05) is 20.2 Å². The summed E-state index contributed by atoms with van der Waals surface area (Å²) in [6, 6.07) is 9.57. The van der Waals surface area contributed by atoms with Crippen molar-refractivity contribution in [1.82, 2.24) is 20.4 Å². The van der Waals surface area contributed by atoms with E-state index in [2.05, 4.69) is 16.6 Å². The Morgan fingerprint density at radius 3 is 2.14 bits per heavy atom. The molecule has 5 atom stereocenters. The smallest absolute Gasteiger partial charge is 0.410 e. The summed E-state index contributed by atoms with van der Waals surface area (Å²) >= 11 is 0. The van der Waals surface area contributed by atoms with Gasteiger partial charge in [-0.1, -0.05) is 94.8 Å². The maximum Gasteiger partial charge on any atom is 0.410 e. The van der Waals surface area contributed by atoms with Crippen LogP contribution in [0.1, 0.15) is 112 Å². The number of hydrogen-bond acceptors (Lipinski definition) is 8. The van der Waals surface area contributed by atoms with E-state index in [9.17, 15) is 24.0 Å². The van der Waals surface area contributed by atoms with Gasteiger partial charge < -0.3 is 29.7 Å². The second kappa shape index (κ2) is 20.2. The highest BCUT2D eigenvalue weighted by atomic mass is 16.6. The van der Waals surface area contributed by atoms with E-state index in [4.69, 9.17) is 20.6 Å². The molecule has 0 spiro atoms. The Bertz CT molecular complexity index is 1750. The number of rotatable bonds is 12. The zero-order valence-corrected chi connectivity index (χ0v) is 35.2. The van der Waals surface area contributed by atoms with Gasteiger partial charge in [-0.3, -0.25) is 19.3 Å². The zero-order chi connectivity index (χ0) is 41.9. The van der Waals surface area contributed by atoms with E-state index < -0.39 is 71.1 Å². The molecule has 1 aliphatic heterocycles. The van der Waals surface area contributed by atoms with Crippen LogP contribution in [0.2, 0.25) is 0 Å². The van der Waals surface area contributed by atoms with Crippen LogP contribution >= 0.6 is 0 Å². The number of ether oxygens (including phenoxy) is 3. The number of nitrogens with zero attached hydrogens (tertiary/aromatic N) is 2. The van der Waals surface area contributed by atoms with Crippen LogP contribution in [-0.2, 0) is 39.8 Å². The number of hydrogen-bond donors (Lipinski definition) is 2. The molecule has 2 N–H and O–H groups in total. The van der Waals surface area contributed by atoms with Gasteiger partial charge in [-0.25, -0.2) is 9.59 Å². The van der Waals surface area contributed by atoms with Crippen molar-refractivity contribution in [3.05, 3.63) is 48.0 Å². The molecule has 57 heavy (non-hydrogen) atoms. The van der Waals surface area contributed by atoms with E-state index in [1.165, 1.54) is 29.7 Å². The van der Waals surface area contributed by atoms with Crippen molar-refractivity contribution >= 4 is 40.6 Å². The Labute approximate surface area is 339 Å². The number of carbonyl (C=O) groups excluding carboxylic acids is 5. The Morgan fingerprint density at radius 1 is 0.895 bits per heavy atom. The van der Waals surface area contributed by atoms with Crippen molar-refractivity contribution in [2.24, 2.45) is 5.41 Å². The molecule has 1 aliphatic carbocycles. The van der Waals surface area contributed by atoms with Crippen LogP contribution in [0.4, 0.5) is 4.79 Å². The molecule has 2 aromatic carbocycles. The number of amides is 4. The molecule has 2 aromatic rings. The van der Waals surface area contributed by atoms with Gasteiger partial charge in [-0.2, -0.15) is 0 Å². The molecular weight excluding hydrogens is 725 g/mol. The maximum absolute atomic E-state index is 14.6. The third-order valence-corrected chi connectivity index (χ3v) is 10.8. The van der Waals surface area contributed by atoms with Crippen molar-refractivity contribution in [3.8, 4) is 12.3 Å². The Balaban J connectivity index is 1.61. The highest BCUT2D eigenvalue weighted by Gasteiger charge is 2.48. The molecule has 0 radical (unpaired) electrons. The van der Waals surface area contributed by atoms with Crippen LogP contribution in [0.25, 0.3) is 10.8 Å². The van der Waals surface area contributed by atoms with Crippen LogP contribution < -0.4 is 10.6 Å². The standard InChI is InChI=1S/C45H64N4O8/c1-10-27-55-36-25-26-49(41(52)38(44(3,4)5)47-39(50)30(2)48(9)43(54)57-45(6,7)8)37(36)40(51)46-35(29-31-23-24-32-19-17-18-20-33(32)28-31)42(53)56-34-21-15-13-11-12-14-16-22-34/h1,17-20,23-24,28,30,34-38H,11-16,21-22,25-27,29H2,2-9H3,(H,46,51)(H,47,50)/t30-,35-,36-,37-,38+/m0/s1. The third-order valence-electron chi connectivity index (χ3n) is 10.8. The topological polar surface area (TPSA) is 144 Å². The minimum atomic E-state index is -1.16.